The highest BCUT2D eigenvalue weighted by atomic mass is 32.2. The average Bonchev–Trinajstić information content (AvgIpc) is 3.53. The van der Waals surface area contributed by atoms with E-state index in [-0.39, 0.29) is 24.1 Å². The van der Waals surface area contributed by atoms with Gasteiger partial charge in [0.15, 0.2) is 5.17 Å². The van der Waals surface area contributed by atoms with E-state index in [1.165, 1.54) is 19.3 Å². The van der Waals surface area contributed by atoms with Gasteiger partial charge in [-0.05, 0) is 87.3 Å². The molecule has 6 aliphatic rings. The number of hydrogen-bond acceptors (Lipinski definition) is 3. The maximum Gasteiger partial charge on any atom is 0.416 e. The number of rotatable bonds is 5. The van der Waals surface area contributed by atoms with Gasteiger partial charge >= 0.3 is 12.4 Å². The lowest BCUT2D eigenvalue weighted by molar-refractivity contribution is -0.143. The number of nitrogens with one attached hydrogen (secondary N) is 1. The molecule has 5 aliphatic carbocycles. The highest BCUT2D eigenvalue weighted by Crippen LogP contribution is 2.58. The molecule has 1 aromatic rings. The first-order valence-electron chi connectivity index (χ1n) is 13.0. The maximum atomic E-state index is 13.2. The van der Waals surface area contributed by atoms with Crippen molar-refractivity contribution in [3.05, 3.63) is 29.3 Å². The molecule has 1 heterocycles. The molecule has 1 N–H and O–H groups in total. The van der Waals surface area contributed by atoms with Crippen LogP contribution in [0.25, 0.3) is 0 Å². The van der Waals surface area contributed by atoms with Crippen molar-refractivity contribution < 1.29 is 31.1 Å². The van der Waals surface area contributed by atoms with E-state index in [0.717, 1.165) is 55.0 Å². The van der Waals surface area contributed by atoms with E-state index >= 15 is 0 Å². The molecule has 1 unspecified atom stereocenters. The van der Waals surface area contributed by atoms with Crippen molar-refractivity contribution in [3.8, 4) is 0 Å². The monoisotopic (exact) mass is 545 g/mol. The van der Waals surface area contributed by atoms with E-state index in [0.29, 0.717) is 23.9 Å². The van der Waals surface area contributed by atoms with Crippen LogP contribution in [-0.2, 0) is 17.1 Å². The number of nitrogens with zero attached hydrogens (tertiary/aromatic N) is 2. The van der Waals surface area contributed by atoms with Crippen LogP contribution in [0.4, 0.5) is 32.0 Å². The van der Waals surface area contributed by atoms with Gasteiger partial charge in [0.2, 0.25) is 5.91 Å². The fraction of sp³-hybridized carbons (Fsp3) is 0.692. The Balaban J connectivity index is 1.18. The Morgan fingerprint density at radius 2 is 1.49 bits per heavy atom. The topological polar surface area (TPSA) is 44.7 Å². The fourth-order valence-corrected chi connectivity index (χ4v) is 8.72. The zero-order valence-corrected chi connectivity index (χ0v) is 21.0. The Morgan fingerprint density at radius 3 is 1.97 bits per heavy atom. The van der Waals surface area contributed by atoms with E-state index in [4.69, 9.17) is 4.99 Å². The number of amides is 1. The number of carbonyl (C=O) groups excluding carboxylic acids is 1. The molecule has 202 valence electrons. The van der Waals surface area contributed by atoms with E-state index in [2.05, 4.69) is 10.2 Å². The molecule has 4 nitrogen and oxygen atoms in total. The number of benzene rings is 1. The van der Waals surface area contributed by atoms with Gasteiger partial charge in [-0.2, -0.15) is 26.3 Å². The third-order valence-electron chi connectivity index (χ3n) is 8.59. The molecule has 6 fully saturated rings. The first kappa shape index (κ1) is 25.4. The summed E-state index contributed by atoms with van der Waals surface area (Å²) in [4.78, 5) is 20.4. The second-order valence-electron chi connectivity index (χ2n) is 11.7. The molecule has 0 spiro atoms. The number of anilines is 1. The van der Waals surface area contributed by atoms with Crippen molar-refractivity contribution in [2.24, 2.45) is 22.7 Å². The number of thioether (sulfide) groups is 1. The number of alkyl halides is 6. The lowest BCUT2D eigenvalue weighted by Gasteiger charge is -2.55. The standard InChI is InChI=1S/C26H29F6N3OS/c27-25(28,29)17-6-18(26(30,31)32)8-19(7-17)33-22(36)9-21-13-37-23(35(21)20-1-2-20)34-24-10-14-3-15(11-24)5-16(4-14)12-24/h6-8,14-16,20-21H,1-5,9-13H2,(H,33,36). The third kappa shape index (κ3) is 5.21. The van der Waals surface area contributed by atoms with Crippen LogP contribution >= 0.6 is 11.8 Å². The van der Waals surface area contributed by atoms with Crippen molar-refractivity contribution in [2.75, 3.05) is 11.1 Å². The summed E-state index contributed by atoms with van der Waals surface area (Å²) in [5, 5.41) is 3.27. The molecule has 1 saturated heterocycles. The predicted molar refractivity (Wildman–Crippen MR) is 129 cm³/mol. The SMILES string of the molecule is O=C(CC1CSC(=NC23CC4CC(CC(C4)C2)C3)N1C1CC1)Nc1cc(C(F)(F)F)cc(C(F)(F)F)c1. The Labute approximate surface area is 215 Å². The van der Waals surface area contributed by atoms with Gasteiger partial charge < -0.3 is 10.2 Å². The molecule has 4 bridgehead atoms. The van der Waals surface area contributed by atoms with Crippen LogP contribution in [0.5, 0.6) is 0 Å². The molecule has 0 radical (unpaired) electrons. The number of amidine groups is 1. The van der Waals surface area contributed by atoms with Crippen LogP contribution in [0.15, 0.2) is 23.2 Å². The Morgan fingerprint density at radius 1 is 0.946 bits per heavy atom. The molecule has 37 heavy (non-hydrogen) atoms. The largest absolute Gasteiger partial charge is 0.416 e. The molecular formula is C26H29F6N3OS. The highest BCUT2D eigenvalue weighted by Gasteiger charge is 2.52. The van der Waals surface area contributed by atoms with E-state index in [1.54, 1.807) is 11.8 Å². The predicted octanol–water partition coefficient (Wildman–Crippen LogP) is 6.96. The summed E-state index contributed by atoms with van der Waals surface area (Å²) in [6, 6.07) is 1.28. The quantitative estimate of drug-likeness (QED) is 0.407. The maximum absolute atomic E-state index is 13.2. The van der Waals surface area contributed by atoms with Crippen molar-refractivity contribution >= 4 is 28.5 Å². The lowest BCUT2D eigenvalue weighted by Crippen LogP contribution is -2.50. The minimum absolute atomic E-state index is 0.00655. The van der Waals surface area contributed by atoms with Crippen molar-refractivity contribution in [2.45, 2.75) is 87.8 Å². The van der Waals surface area contributed by atoms with Crippen LogP contribution in [0.3, 0.4) is 0 Å². The summed E-state index contributed by atoms with van der Waals surface area (Å²) in [5.74, 6) is 2.30. The molecule has 0 aromatic heterocycles. The number of halogens is 6. The van der Waals surface area contributed by atoms with E-state index < -0.39 is 35.1 Å². The van der Waals surface area contributed by atoms with E-state index in [9.17, 15) is 31.1 Å². The second kappa shape index (κ2) is 8.81. The van der Waals surface area contributed by atoms with Gasteiger partial charge in [-0.3, -0.25) is 9.79 Å². The smallest absolute Gasteiger partial charge is 0.344 e. The Bertz CT molecular complexity index is 1040. The Kier molecular flexibility index (Phi) is 6.04. The van der Waals surface area contributed by atoms with Gasteiger partial charge in [-0.25, -0.2) is 0 Å². The van der Waals surface area contributed by atoms with Gasteiger partial charge in [-0.15, -0.1) is 0 Å². The first-order chi connectivity index (χ1) is 17.4. The summed E-state index contributed by atoms with van der Waals surface area (Å²) in [6.45, 7) is 0. The zero-order valence-electron chi connectivity index (χ0n) is 20.2. The van der Waals surface area contributed by atoms with Crippen LogP contribution in [-0.4, -0.2) is 39.4 Å². The van der Waals surface area contributed by atoms with E-state index in [1.807, 2.05) is 0 Å². The number of carbonyl (C=O) groups is 1. The third-order valence-corrected chi connectivity index (χ3v) is 9.70. The normalized spacial score (nSPS) is 34.4. The Hall–Kier alpha value is -1.91. The van der Waals surface area contributed by atoms with Gasteiger partial charge in [0, 0.05) is 29.9 Å². The summed E-state index contributed by atoms with van der Waals surface area (Å²) in [7, 11) is 0. The highest BCUT2D eigenvalue weighted by molar-refractivity contribution is 8.14. The van der Waals surface area contributed by atoms with Crippen LogP contribution in [0.1, 0.15) is 68.9 Å². The number of hydrogen-bond donors (Lipinski definition) is 1. The number of aliphatic imine (C=N–C) groups is 1. The lowest BCUT2D eigenvalue weighted by atomic mass is 9.53. The minimum atomic E-state index is -4.96. The van der Waals surface area contributed by atoms with Gasteiger partial charge in [0.25, 0.3) is 0 Å². The molecule has 1 atom stereocenters. The average molecular weight is 546 g/mol. The van der Waals surface area contributed by atoms with Crippen LogP contribution in [0.2, 0.25) is 0 Å². The van der Waals surface area contributed by atoms with Crippen LogP contribution < -0.4 is 5.32 Å². The zero-order chi connectivity index (χ0) is 26.2. The summed E-state index contributed by atoms with van der Waals surface area (Å²) < 4.78 is 79.2. The first-order valence-corrected chi connectivity index (χ1v) is 14.0. The van der Waals surface area contributed by atoms with Crippen molar-refractivity contribution in [1.82, 2.24) is 4.90 Å². The molecule has 1 amide bonds. The van der Waals surface area contributed by atoms with Gasteiger partial charge in [-0.1, -0.05) is 11.8 Å². The van der Waals surface area contributed by atoms with Crippen molar-refractivity contribution in [3.63, 3.8) is 0 Å². The summed E-state index contributed by atoms with van der Waals surface area (Å²) in [5.41, 5.74) is -3.40. The van der Waals surface area contributed by atoms with Gasteiger partial charge in [0.05, 0.1) is 16.7 Å². The summed E-state index contributed by atoms with van der Waals surface area (Å²) >= 11 is 1.63. The minimum Gasteiger partial charge on any atom is -0.344 e. The molecular weight excluding hydrogens is 516 g/mol. The van der Waals surface area contributed by atoms with Crippen molar-refractivity contribution in [1.29, 1.82) is 0 Å². The fourth-order valence-electron chi connectivity index (χ4n) is 7.39. The van der Waals surface area contributed by atoms with Crippen LogP contribution in [0, 0.1) is 17.8 Å². The molecule has 5 saturated carbocycles. The summed E-state index contributed by atoms with van der Waals surface area (Å²) in [6.07, 6.45) is -0.600. The van der Waals surface area contributed by atoms with Gasteiger partial charge in [0.1, 0.15) is 0 Å². The second-order valence-corrected chi connectivity index (χ2v) is 12.7. The molecule has 1 aliphatic heterocycles. The molecule has 7 rings (SSSR count). The molecule has 11 heteroatoms. The molecule has 1 aromatic carbocycles.